The highest BCUT2D eigenvalue weighted by atomic mass is 16.6. The predicted octanol–water partition coefficient (Wildman–Crippen LogP) is 2.91. The van der Waals surface area contributed by atoms with Gasteiger partial charge in [0, 0.05) is 29.6 Å². The van der Waals surface area contributed by atoms with Crippen molar-refractivity contribution in [3.05, 3.63) is 0 Å². The number of piperidine rings is 2. The molecule has 2 unspecified atom stereocenters. The molecular formula is C21H35N3O3. The second-order valence-electron chi connectivity index (χ2n) is 9.33. The van der Waals surface area contributed by atoms with Gasteiger partial charge in [-0.05, 0) is 84.7 Å². The van der Waals surface area contributed by atoms with E-state index in [1.54, 1.807) is 0 Å². The van der Waals surface area contributed by atoms with Crippen LogP contribution in [-0.2, 0) is 9.53 Å². The third-order valence-electron chi connectivity index (χ3n) is 7.49. The Bertz CT molecular complexity index is 555. The molecule has 0 aromatic heterocycles. The first-order valence-electron chi connectivity index (χ1n) is 11.0. The van der Waals surface area contributed by atoms with E-state index in [0.29, 0.717) is 24.7 Å². The summed E-state index contributed by atoms with van der Waals surface area (Å²) in [5.41, 5.74) is 0.0628. The largest absolute Gasteiger partial charge is 0.450 e. The van der Waals surface area contributed by atoms with Gasteiger partial charge in [0.05, 0.1) is 6.61 Å². The Morgan fingerprint density at radius 1 is 1.04 bits per heavy atom. The Morgan fingerprint density at radius 2 is 1.67 bits per heavy atom. The van der Waals surface area contributed by atoms with Crippen LogP contribution in [0.3, 0.4) is 0 Å². The van der Waals surface area contributed by atoms with Crippen molar-refractivity contribution < 1.29 is 14.3 Å². The van der Waals surface area contributed by atoms with Crippen molar-refractivity contribution in [2.24, 2.45) is 5.92 Å². The summed E-state index contributed by atoms with van der Waals surface area (Å²) < 4.78 is 5.27. The molecule has 3 heterocycles. The van der Waals surface area contributed by atoms with E-state index in [0.717, 1.165) is 64.5 Å². The summed E-state index contributed by atoms with van der Waals surface area (Å²) in [6.45, 7) is 6.53. The molecule has 4 rings (SSSR count). The second kappa shape index (κ2) is 7.61. The lowest BCUT2D eigenvalue weighted by atomic mass is 9.78. The zero-order valence-electron chi connectivity index (χ0n) is 16.9. The minimum Gasteiger partial charge on any atom is -0.450 e. The summed E-state index contributed by atoms with van der Waals surface area (Å²) in [5.74, 6) is 0.448. The van der Waals surface area contributed by atoms with Crippen LogP contribution in [0.4, 0.5) is 4.79 Å². The molecule has 0 aromatic carbocycles. The first kappa shape index (κ1) is 19.0. The molecule has 4 fully saturated rings. The number of rotatable bonds is 4. The highest BCUT2D eigenvalue weighted by Crippen LogP contribution is 2.39. The lowest BCUT2D eigenvalue weighted by molar-refractivity contribution is -0.129. The Balaban J connectivity index is 1.27. The summed E-state index contributed by atoms with van der Waals surface area (Å²) >= 11 is 0. The number of nitrogens with zero attached hydrogens (tertiary/aromatic N) is 2. The van der Waals surface area contributed by atoms with E-state index in [1.807, 2.05) is 11.8 Å². The lowest BCUT2D eigenvalue weighted by Crippen LogP contribution is -2.56. The number of ether oxygens (including phenoxy) is 1. The third-order valence-corrected chi connectivity index (χ3v) is 7.49. The van der Waals surface area contributed by atoms with Crippen molar-refractivity contribution >= 4 is 12.0 Å². The minimum absolute atomic E-state index is 0.0628. The fourth-order valence-corrected chi connectivity index (χ4v) is 5.70. The quantitative estimate of drug-likeness (QED) is 0.818. The van der Waals surface area contributed by atoms with Gasteiger partial charge in [0.2, 0.25) is 5.91 Å². The van der Waals surface area contributed by atoms with Crippen molar-refractivity contribution in [1.82, 2.24) is 15.1 Å². The number of nitrogens with one attached hydrogen (secondary N) is 1. The highest BCUT2D eigenvalue weighted by Gasteiger charge is 2.46. The van der Waals surface area contributed by atoms with E-state index in [4.69, 9.17) is 4.74 Å². The zero-order chi connectivity index (χ0) is 19.0. The number of hydrogen-bond acceptors (Lipinski definition) is 4. The normalized spacial score (nSPS) is 33.4. The average molecular weight is 378 g/mol. The van der Waals surface area contributed by atoms with Crippen LogP contribution in [-0.4, -0.2) is 65.2 Å². The topological polar surface area (TPSA) is 61.9 Å². The van der Waals surface area contributed by atoms with Gasteiger partial charge < -0.3 is 19.9 Å². The van der Waals surface area contributed by atoms with E-state index in [-0.39, 0.29) is 23.5 Å². The predicted molar refractivity (Wildman–Crippen MR) is 103 cm³/mol. The molecule has 3 saturated heterocycles. The Morgan fingerprint density at radius 3 is 2.19 bits per heavy atom. The van der Waals surface area contributed by atoms with Crippen LogP contribution in [0.25, 0.3) is 0 Å². The number of hydrogen-bond donors (Lipinski definition) is 1. The number of likely N-dealkylation sites (tertiary alicyclic amines) is 1. The van der Waals surface area contributed by atoms with Gasteiger partial charge in [-0.2, -0.15) is 0 Å². The number of carbonyl (C=O) groups is 2. The molecule has 152 valence electrons. The lowest BCUT2D eigenvalue weighted by Gasteiger charge is -2.45. The van der Waals surface area contributed by atoms with Crippen molar-refractivity contribution in [2.75, 3.05) is 19.7 Å². The summed E-state index contributed by atoms with van der Waals surface area (Å²) in [6, 6.07) is 1.24. The van der Waals surface area contributed by atoms with Gasteiger partial charge in [0.15, 0.2) is 0 Å². The Labute approximate surface area is 163 Å². The number of carbonyl (C=O) groups excluding carboxylic acids is 2. The Hall–Kier alpha value is -1.30. The molecule has 1 aliphatic carbocycles. The van der Waals surface area contributed by atoms with Crippen molar-refractivity contribution in [2.45, 2.75) is 95.3 Å². The summed E-state index contributed by atoms with van der Waals surface area (Å²) in [7, 11) is 0. The van der Waals surface area contributed by atoms with Crippen LogP contribution in [0.5, 0.6) is 0 Å². The SMILES string of the molecule is CCOC(=O)N1C2CCC1CC(N1CCC(C(=O)NC3(C)CCC3)CC1)C2. The molecule has 2 bridgehead atoms. The van der Waals surface area contributed by atoms with Crippen molar-refractivity contribution in [1.29, 1.82) is 0 Å². The van der Waals surface area contributed by atoms with Crippen LogP contribution in [0.15, 0.2) is 0 Å². The first-order valence-corrected chi connectivity index (χ1v) is 11.0. The van der Waals surface area contributed by atoms with Crippen molar-refractivity contribution in [3.63, 3.8) is 0 Å². The second-order valence-corrected chi connectivity index (χ2v) is 9.33. The fourth-order valence-electron chi connectivity index (χ4n) is 5.70. The van der Waals surface area contributed by atoms with Gasteiger partial charge in [-0.25, -0.2) is 4.79 Å². The van der Waals surface area contributed by atoms with E-state index in [2.05, 4.69) is 17.1 Å². The monoisotopic (exact) mass is 377 g/mol. The van der Waals surface area contributed by atoms with Crippen LogP contribution in [0.1, 0.15) is 71.6 Å². The summed E-state index contributed by atoms with van der Waals surface area (Å²) in [6.07, 6.45) is 9.64. The molecule has 6 heteroatoms. The standard InChI is InChI=1S/C21H35N3O3/c1-3-27-20(26)24-16-5-6-17(24)14-18(13-16)23-11-7-15(8-12-23)19(25)22-21(2)9-4-10-21/h15-18H,3-14H2,1-2H3,(H,22,25). The van der Waals surface area contributed by atoms with E-state index < -0.39 is 0 Å². The molecule has 6 nitrogen and oxygen atoms in total. The van der Waals surface area contributed by atoms with Gasteiger partial charge in [-0.15, -0.1) is 0 Å². The van der Waals surface area contributed by atoms with Gasteiger partial charge in [0.25, 0.3) is 0 Å². The third kappa shape index (κ3) is 3.82. The maximum atomic E-state index is 12.6. The van der Waals surface area contributed by atoms with Gasteiger partial charge in [0.1, 0.15) is 0 Å². The molecule has 3 aliphatic heterocycles. The molecule has 1 saturated carbocycles. The van der Waals surface area contributed by atoms with E-state index >= 15 is 0 Å². The highest BCUT2D eigenvalue weighted by molar-refractivity contribution is 5.79. The molecule has 1 N–H and O–H groups in total. The first-order chi connectivity index (χ1) is 13.0. The molecule has 27 heavy (non-hydrogen) atoms. The van der Waals surface area contributed by atoms with Crippen molar-refractivity contribution in [3.8, 4) is 0 Å². The zero-order valence-corrected chi connectivity index (χ0v) is 16.9. The number of amides is 2. The minimum atomic E-state index is -0.122. The van der Waals surface area contributed by atoms with Crippen LogP contribution in [0, 0.1) is 5.92 Å². The molecule has 0 radical (unpaired) electrons. The fraction of sp³-hybridized carbons (Fsp3) is 0.905. The Kier molecular flexibility index (Phi) is 5.36. The van der Waals surface area contributed by atoms with E-state index in [9.17, 15) is 9.59 Å². The van der Waals surface area contributed by atoms with Gasteiger partial charge >= 0.3 is 6.09 Å². The van der Waals surface area contributed by atoms with Gasteiger partial charge in [-0.1, -0.05) is 0 Å². The molecule has 0 aromatic rings. The smallest absolute Gasteiger partial charge is 0.410 e. The number of fused-ring (bicyclic) bond motifs is 2. The van der Waals surface area contributed by atoms with Crippen LogP contribution in [0.2, 0.25) is 0 Å². The van der Waals surface area contributed by atoms with Crippen LogP contribution >= 0.6 is 0 Å². The van der Waals surface area contributed by atoms with Crippen LogP contribution < -0.4 is 5.32 Å². The van der Waals surface area contributed by atoms with E-state index in [1.165, 1.54) is 6.42 Å². The van der Waals surface area contributed by atoms with Gasteiger partial charge in [-0.3, -0.25) is 4.79 Å². The summed E-state index contributed by atoms with van der Waals surface area (Å²) in [4.78, 5) is 29.4. The molecule has 2 atom stereocenters. The molecule has 0 spiro atoms. The molecular weight excluding hydrogens is 342 g/mol. The maximum Gasteiger partial charge on any atom is 0.410 e. The average Bonchev–Trinajstić information content (AvgIpc) is 2.90. The maximum absolute atomic E-state index is 12.6. The summed E-state index contributed by atoms with van der Waals surface area (Å²) in [5, 5.41) is 3.30. The molecule has 4 aliphatic rings. The molecule has 2 amide bonds.